The van der Waals surface area contributed by atoms with Crippen LogP contribution in [0.25, 0.3) is 0 Å². The predicted molar refractivity (Wildman–Crippen MR) is 121 cm³/mol. The second-order valence-electron chi connectivity index (χ2n) is 8.33. The van der Waals surface area contributed by atoms with Crippen LogP contribution in [-0.4, -0.2) is 63.1 Å². The van der Waals surface area contributed by atoms with E-state index in [0.717, 1.165) is 63.0 Å². The number of nitrogens with one attached hydrogen (secondary N) is 2. The lowest BCUT2D eigenvalue weighted by Gasteiger charge is -2.30. The van der Waals surface area contributed by atoms with E-state index in [1.807, 2.05) is 17.0 Å². The molecule has 1 amide bonds. The van der Waals surface area contributed by atoms with Crippen LogP contribution in [0.5, 0.6) is 0 Å². The number of piperidine rings is 1. The first-order valence-corrected chi connectivity index (χ1v) is 11.2. The molecular weight excluding hydrogens is 362 g/mol. The van der Waals surface area contributed by atoms with E-state index in [1.54, 1.807) is 7.05 Å². The Labute approximate surface area is 175 Å². The first kappa shape index (κ1) is 21.6. The Morgan fingerprint density at radius 2 is 1.83 bits per heavy atom. The highest BCUT2D eigenvalue weighted by atomic mass is 16.2. The molecular formula is C23H37N5O. The standard InChI is InChI=1S/C23H37N5O/c1-19-10-16-27(17-11-19)15-6-14-26-23(24-2)25-13-5-9-22(29)28-18-12-20-7-3-4-8-21(20)28/h3-4,7-8,19H,5-6,9-18H2,1-2H3,(H2,24,25,26). The van der Waals surface area contributed by atoms with E-state index in [0.29, 0.717) is 6.42 Å². The molecule has 2 aliphatic rings. The summed E-state index contributed by atoms with van der Waals surface area (Å²) < 4.78 is 0. The fraction of sp³-hybridized carbons (Fsp3) is 0.652. The van der Waals surface area contributed by atoms with Gasteiger partial charge in [0.15, 0.2) is 5.96 Å². The fourth-order valence-corrected chi connectivity index (χ4v) is 4.19. The molecule has 0 atom stereocenters. The van der Waals surface area contributed by atoms with Crippen LogP contribution in [0.2, 0.25) is 0 Å². The van der Waals surface area contributed by atoms with E-state index in [9.17, 15) is 4.79 Å². The third-order valence-electron chi connectivity index (χ3n) is 6.09. The number of rotatable bonds is 8. The van der Waals surface area contributed by atoms with Gasteiger partial charge in [-0.05, 0) is 69.3 Å². The number of hydrogen-bond donors (Lipinski definition) is 2. The van der Waals surface area contributed by atoms with E-state index < -0.39 is 0 Å². The number of nitrogens with zero attached hydrogens (tertiary/aromatic N) is 3. The molecule has 0 radical (unpaired) electrons. The second kappa shape index (κ2) is 11.2. The number of amides is 1. The van der Waals surface area contributed by atoms with Crippen molar-refractivity contribution in [1.82, 2.24) is 15.5 Å². The molecule has 3 rings (SSSR count). The van der Waals surface area contributed by atoms with Crippen molar-refractivity contribution in [3.05, 3.63) is 29.8 Å². The maximum absolute atomic E-state index is 12.6. The number of guanidine groups is 1. The van der Waals surface area contributed by atoms with Gasteiger partial charge in [0.05, 0.1) is 0 Å². The summed E-state index contributed by atoms with van der Waals surface area (Å²) in [6.07, 6.45) is 6.13. The van der Waals surface area contributed by atoms with E-state index in [1.165, 1.54) is 31.5 Å². The molecule has 1 aromatic carbocycles. The first-order chi connectivity index (χ1) is 14.2. The molecule has 0 aromatic heterocycles. The van der Waals surface area contributed by atoms with Crippen LogP contribution in [0.15, 0.2) is 29.3 Å². The number of benzene rings is 1. The van der Waals surface area contributed by atoms with Gasteiger partial charge < -0.3 is 20.4 Å². The first-order valence-electron chi connectivity index (χ1n) is 11.2. The quantitative estimate of drug-likeness (QED) is 0.401. The van der Waals surface area contributed by atoms with Gasteiger partial charge in [-0.1, -0.05) is 25.1 Å². The van der Waals surface area contributed by atoms with Crippen molar-refractivity contribution in [2.24, 2.45) is 10.9 Å². The summed E-state index contributed by atoms with van der Waals surface area (Å²) in [5, 5.41) is 6.72. The lowest BCUT2D eigenvalue weighted by Crippen LogP contribution is -2.40. The van der Waals surface area contributed by atoms with Crippen LogP contribution in [0.4, 0.5) is 5.69 Å². The average Bonchev–Trinajstić information content (AvgIpc) is 3.18. The van der Waals surface area contributed by atoms with E-state index >= 15 is 0 Å². The number of carbonyl (C=O) groups excluding carboxylic acids is 1. The molecule has 6 heteroatoms. The molecule has 6 nitrogen and oxygen atoms in total. The van der Waals surface area contributed by atoms with Gasteiger partial charge in [0.25, 0.3) is 0 Å². The Bertz CT molecular complexity index is 682. The van der Waals surface area contributed by atoms with Crippen molar-refractivity contribution in [3.8, 4) is 0 Å². The highest BCUT2D eigenvalue weighted by Crippen LogP contribution is 2.27. The topological polar surface area (TPSA) is 60.0 Å². The number of fused-ring (bicyclic) bond motifs is 1. The third-order valence-corrected chi connectivity index (χ3v) is 6.09. The lowest BCUT2D eigenvalue weighted by molar-refractivity contribution is -0.118. The molecule has 29 heavy (non-hydrogen) atoms. The van der Waals surface area contributed by atoms with Gasteiger partial charge in [-0.2, -0.15) is 0 Å². The molecule has 1 aromatic rings. The predicted octanol–water partition coefficient (Wildman–Crippen LogP) is 2.64. The number of carbonyl (C=O) groups is 1. The summed E-state index contributed by atoms with van der Waals surface area (Å²) in [5.41, 5.74) is 2.37. The zero-order chi connectivity index (χ0) is 20.5. The van der Waals surface area contributed by atoms with Crippen LogP contribution in [0, 0.1) is 5.92 Å². The minimum Gasteiger partial charge on any atom is -0.356 e. The lowest BCUT2D eigenvalue weighted by atomic mass is 9.99. The molecule has 0 saturated carbocycles. The van der Waals surface area contributed by atoms with Gasteiger partial charge in [-0.25, -0.2) is 0 Å². The van der Waals surface area contributed by atoms with Crippen molar-refractivity contribution in [2.45, 2.75) is 45.4 Å². The maximum Gasteiger partial charge on any atom is 0.227 e. The fourth-order valence-electron chi connectivity index (χ4n) is 4.19. The Kier molecular flexibility index (Phi) is 8.35. The normalized spacial score (nSPS) is 18.0. The molecule has 160 valence electrons. The van der Waals surface area contributed by atoms with Gasteiger partial charge in [-0.3, -0.25) is 9.79 Å². The van der Waals surface area contributed by atoms with Crippen LogP contribution >= 0.6 is 0 Å². The molecule has 2 N–H and O–H groups in total. The Balaban J connectivity index is 1.27. The number of hydrogen-bond acceptors (Lipinski definition) is 3. The molecule has 1 fully saturated rings. The van der Waals surface area contributed by atoms with Crippen LogP contribution in [0.3, 0.4) is 0 Å². The Morgan fingerprint density at radius 1 is 1.10 bits per heavy atom. The van der Waals surface area contributed by atoms with Gasteiger partial charge >= 0.3 is 0 Å². The Morgan fingerprint density at radius 3 is 2.59 bits per heavy atom. The largest absolute Gasteiger partial charge is 0.356 e. The highest BCUT2D eigenvalue weighted by Gasteiger charge is 2.23. The SMILES string of the molecule is CN=C(NCCCC(=O)N1CCc2ccccc21)NCCCN1CCC(C)CC1. The zero-order valence-electron chi connectivity index (χ0n) is 18.1. The molecule has 2 aliphatic heterocycles. The van der Waals surface area contributed by atoms with Crippen molar-refractivity contribution < 1.29 is 4.79 Å². The van der Waals surface area contributed by atoms with Crippen molar-refractivity contribution in [1.29, 1.82) is 0 Å². The smallest absolute Gasteiger partial charge is 0.227 e. The minimum atomic E-state index is 0.218. The van der Waals surface area contributed by atoms with Gasteiger partial charge in [0.1, 0.15) is 0 Å². The molecule has 1 saturated heterocycles. The second-order valence-corrected chi connectivity index (χ2v) is 8.33. The monoisotopic (exact) mass is 399 g/mol. The van der Waals surface area contributed by atoms with Crippen molar-refractivity contribution in [3.63, 3.8) is 0 Å². The van der Waals surface area contributed by atoms with Gasteiger partial charge in [-0.15, -0.1) is 0 Å². The minimum absolute atomic E-state index is 0.218. The summed E-state index contributed by atoms with van der Waals surface area (Å²) in [5.74, 6) is 1.94. The zero-order valence-corrected chi connectivity index (χ0v) is 18.1. The third kappa shape index (κ3) is 6.46. The summed E-state index contributed by atoms with van der Waals surface area (Å²) in [4.78, 5) is 21.3. The van der Waals surface area contributed by atoms with E-state index in [-0.39, 0.29) is 5.91 Å². The van der Waals surface area contributed by atoms with E-state index in [4.69, 9.17) is 0 Å². The molecule has 0 bridgehead atoms. The van der Waals surface area contributed by atoms with Crippen LogP contribution in [-0.2, 0) is 11.2 Å². The molecule has 0 unspecified atom stereocenters. The van der Waals surface area contributed by atoms with Gasteiger partial charge in [0, 0.05) is 38.8 Å². The number of para-hydroxylation sites is 1. The average molecular weight is 400 g/mol. The van der Waals surface area contributed by atoms with Crippen LogP contribution < -0.4 is 15.5 Å². The summed E-state index contributed by atoms with van der Waals surface area (Å²) >= 11 is 0. The Hall–Kier alpha value is -2.08. The molecule has 0 spiro atoms. The summed E-state index contributed by atoms with van der Waals surface area (Å²) in [6.45, 7) is 8.48. The summed E-state index contributed by atoms with van der Waals surface area (Å²) in [6, 6.07) is 8.22. The van der Waals surface area contributed by atoms with E-state index in [2.05, 4.69) is 39.6 Å². The summed E-state index contributed by atoms with van der Waals surface area (Å²) in [7, 11) is 1.80. The van der Waals surface area contributed by atoms with Crippen LogP contribution in [0.1, 0.15) is 44.6 Å². The number of anilines is 1. The van der Waals surface area contributed by atoms with Gasteiger partial charge in [0.2, 0.25) is 5.91 Å². The molecule has 2 heterocycles. The van der Waals surface area contributed by atoms with Crippen molar-refractivity contribution in [2.75, 3.05) is 51.2 Å². The number of likely N-dealkylation sites (tertiary alicyclic amines) is 1. The maximum atomic E-state index is 12.6. The molecule has 0 aliphatic carbocycles. The number of aliphatic imine (C=N–C) groups is 1. The van der Waals surface area contributed by atoms with Crippen molar-refractivity contribution >= 4 is 17.6 Å². The highest BCUT2D eigenvalue weighted by molar-refractivity contribution is 5.95.